The largest absolute Gasteiger partial charge is 0.302 e. The van der Waals surface area contributed by atoms with Crippen LogP contribution in [0.2, 0.25) is 0 Å². The van der Waals surface area contributed by atoms with Crippen molar-refractivity contribution in [2.45, 2.75) is 18.8 Å². The molecular formula is C20H24ClN. The Kier molecular flexibility index (Phi) is 5.53. The van der Waals surface area contributed by atoms with Crippen molar-refractivity contribution in [3.8, 4) is 0 Å². The minimum absolute atomic E-state index is 0.487. The molecule has 0 saturated carbocycles. The summed E-state index contributed by atoms with van der Waals surface area (Å²) in [7, 11) is 0. The van der Waals surface area contributed by atoms with Crippen LogP contribution in [-0.2, 0) is 0 Å². The van der Waals surface area contributed by atoms with Gasteiger partial charge in [0.25, 0.3) is 0 Å². The van der Waals surface area contributed by atoms with Crippen LogP contribution in [0.4, 0.5) is 0 Å². The average Bonchev–Trinajstić information content (AvgIpc) is 2.58. The molecule has 2 aromatic carbocycles. The van der Waals surface area contributed by atoms with Crippen LogP contribution in [0, 0.1) is 5.92 Å². The lowest BCUT2D eigenvalue weighted by molar-refractivity contribution is 0.172. The number of benzene rings is 2. The fourth-order valence-electron chi connectivity index (χ4n) is 3.74. The van der Waals surface area contributed by atoms with Gasteiger partial charge in [-0.1, -0.05) is 60.7 Å². The van der Waals surface area contributed by atoms with Crippen molar-refractivity contribution >= 4 is 11.6 Å². The summed E-state index contributed by atoms with van der Waals surface area (Å²) in [5.41, 5.74) is 2.87. The molecule has 1 heterocycles. The summed E-state index contributed by atoms with van der Waals surface area (Å²) in [5, 5.41) is 0. The van der Waals surface area contributed by atoms with E-state index in [1.54, 1.807) is 0 Å². The van der Waals surface area contributed by atoms with Crippen molar-refractivity contribution in [1.82, 2.24) is 4.90 Å². The van der Waals surface area contributed by atoms with Crippen molar-refractivity contribution in [2.24, 2.45) is 5.92 Å². The van der Waals surface area contributed by atoms with Crippen LogP contribution in [0.1, 0.15) is 29.9 Å². The number of rotatable bonds is 5. The highest BCUT2D eigenvalue weighted by Gasteiger charge is 2.29. The van der Waals surface area contributed by atoms with Crippen molar-refractivity contribution in [3.63, 3.8) is 0 Å². The fourth-order valence-corrected chi connectivity index (χ4v) is 3.98. The van der Waals surface area contributed by atoms with E-state index in [0.29, 0.717) is 11.8 Å². The van der Waals surface area contributed by atoms with Gasteiger partial charge in [-0.05, 0) is 36.4 Å². The van der Waals surface area contributed by atoms with Gasteiger partial charge in [0.15, 0.2) is 0 Å². The van der Waals surface area contributed by atoms with Gasteiger partial charge in [0.05, 0.1) is 0 Å². The molecule has 116 valence electrons. The van der Waals surface area contributed by atoms with Crippen LogP contribution in [0.5, 0.6) is 0 Å². The van der Waals surface area contributed by atoms with Gasteiger partial charge in [-0.15, -0.1) is 11.6 Å². The number of hydrogen-bond donors (Lipinski definition) is 0. The van der Waals surface area contributed by atoms with Gasteiger partial charge in [-0.25, -0.2) is 0 Å². The molecule has 1 aliphatic rings. The molecule has 22 heavy (non-hydrogen) atoms. The number of likely N-dealkylation sites (tertiary alicyclic amines) is 1. The highest BCUT2D eigenvalue weighted by molar-refractivity contribution is 6.18. The van der Waals surface area contributed by atoms with E-state index in [1.807, 2.05) is 0 Å². The van der Waals surface area contributed by atoms with Crippen LogP contribution < -0.4 is 0 Å². The molecule has 1 saturated heterocycles. The van der Waals surface area contributed by atoms with Crippen LogP contribution >= 0.6 is 11.6 Å². The monoisotopic (exact) mass is 313 g/mol. The van der Waals surface area contributed by atoms with E-state index in [-0.39, 0.29) is 0 Å². The first-order valence-corrected chi connectivity index (χ1v) is 8.80. The second kappa shape index (κ2) is 7.80. The summed E-state index contributed by atoms with van der Waals surface area (Å²) in [6.45, 7) is 3.36. The average molecular weight is 314 g/mol. The van der Waals surface area contributed by atoms with E-state index >= 15 is 0 Å². The Morgan fingerprint density at radius 3 is 2.09 bits per heavy atom. The van der Waals surface area contributed by atoms with Gasteiger partial charge >= 0.3 is 0 Å². The highest BCUT2D eigenvalue weighted by Crippen LogP contribution is 2.36. The van der Waals surface area contributed by atoms with Crippen LogP contribution in [0.15, 0.2) is 60.7 Å². The van der Waals surface area contributed by atoms with Gasteiger partial charge in [0.1, 0.15) is 0 Å². The minimum Gasteiger partial charge on any atom is -0.302 e. The topological polar surface area (TPSA) is 3.24 Å². The molecule has 1 unspecified atom stereocenters. The Hall–Kier alpha value is -1.31. The molecule has 0 radical (unpaired) electrons. The van der Waals surface area contributed by atoms with Crippen LogP contribution in [0.3, 0.4) is 0 Å². The van der Waals surface area contributed by atoms with Crippen LogP contribution in [0.25, 0.3) is 0 Å². The molecule has 1 atom stereocenters. The SMILES string of the molecule is ClCCN1CCCC(C(c2ccccc2)c2ccccc2)C1. The lowest BCUT2D eigenvalue weighted by Gasteiger charge is -2.37. The molecule has 3 rings (SSSR count). The van der Waals surface area contributed by atoms with E-state index in [1.165, 1.54) is 30.5 Å². The van der Waals surface area contributed by atoms with Crippen molar-refractivity contribution in [2.75, 3.05) is 25.5 Å². The Balaban J connectivity index is 1.89. The molecule has 0 bridgehead atoms. The molecule has 0 aromatic heterocycles. The number of halogens is 1. The minimum atomic E-state index is 0.487. The van der Waals surface area contributed by atoms with E-state index in [9.17, 15) is 0 Å². The Morgan fingerprint density at radius 2 is 1.55 bits per heavy atom. The van der Waals surface area contributed by atoms with Gasteiger partial charge in [-0.3, -0.25) is 0 Å². The number of nitrogens with zero attached hydrogens (tertiary/aromatic N) is 1. The maximum Gasteiger partial charge on any atom is 0.0351 e. The predicted molar refractivity (Wildman–Crippen MR) is 94.6 cm³/mol. The summed E-state index contributed by atoms with van der Waals surface area (Å²) >= 11 is 5.95. The zero-order valence-corrected chi connectivity index (χ0v) is 13.8. The summed E-state index contributed by atoms with van der Waals surface area (Å²) < 4.78 is 0. The summed E-state index contributed by atoms with van der Waals surface area (Å²) in [5.74, 6) is 1.89. The number of alkyl halides is 1. The zero-order chi connectivity index (χ0) is 15.2. The lowest BCUT2D eigenvalue weighted by Crippen LogP contribution is -2.39. The normalized spacial score (nSPS) is 19.5. The van der Waals surface area contributed by atoms with Crippen molar-refractivity contribution in [1.29, 1.82) is 0 Å². The molecular weight excluding hydrogens is 290 g/mol. The molecule has 1 fully saturated rings. The predicted octanol–water partition coefficient (Wildman–Crippen LogP) is 4.77. The molecule has 0 amide bonds. The molecule has 0 N–H and O–H groups in total. The van der Waals surface area contributed by atoms with E-state index in [4.69, 9.17) is 11.6 Å². The molecule has 2 aromatic rings. The maximum absolute atomic E-state index is 5.95. The summed E-state index contributed by atoms with van der Waals surface area (Å²) in [4.78, 5) is 2.53. The third-order valence-corrected chi connectivity index (χ3v) is 4.90. The molecule has 2 heteroatoms. The molecule has 0 spiro atoms. The maximum atomic E-state index is 5.95. The second-order valence-corrected chi connectivity index (χ2v) is 6.57. The molecule has 0 aliphatic carbocycles. The third kappa shape index (κ3) is 3.71. The first kappa shape index (κ1) is 15.6. The quantitative estimate of drug-likeness (QED) is 0.719. The van der Waals surface area contributed by atoms with Crippen molar-refractivity contribution < 1.29 is 0 Å². The number of hydrogen-bond acceptors (Lipinski definition) is 1. The van der Waals surface area contributed by atoms with E-state index in [0.717, 1.165) is 19.0 Å². The van der Waals surface area contributed by atoms with Crippen LogP contribution in [-0.4, -0.2) is 30.4 Å². The number of piperidine rings is 1. The van der Waals surface area contributed by atoms with Crippen molar-refractivity contribution in [3.05, 3.63) is 71.8 Å². The fraction of sp³-hybridized carbons (Fsp3) is 0.400. The lowest BCUT2D eigenvalue weighted by atomic mass is 9.77. The second-order valence-electron chi connectivity index (χ2n) is 6.19. The first-order chi connectivity index (χ1) is 10.9. The highest BCUT2D eigenvalue weighted by atomic mass is 35.5. The first-order valence-electron chi connectivity index (χ1n) is 8.26. The molecule has 1 nitrogen and oxygen atoms in total. The molecule has 1 aliphatic heterocycles. The van der Waals surface area contributed by atoms with E-state index < -0.39 is 0 Å². The standard InChI is InChI=1S/C20H24ClN/c21-13-15-22-14-7-12-19(16-22)20(17-8-3-1-4-9-17)18-10-5-2-6-11-18/h1-6,8-11,19-20H,7,12-16H2. The Morgan fingerprint density at radius 1 is 0.955 bits per heavy atom. The third-order valence-electron chi connectivity index (χ3n) is 4.73. The van der Waals surface area contributed by atoms with Gasteiger partial charge in [0, 0.05) is 24.9 Å². The smallest absolute Gasteiger partial charge is 0.0351 e. The van der Waals surface area contributed by atoms with Gasteiger partial charge < -0.3 is 4.90 Å². The summed E-state index contributed by atoms with van der Waals surface area (Å²) in [6.07, 6.45) is 2.57. The van der Waals surface area contributed by atoms with Gasteiger partial charge in [-0.2, -0.15) is 0 Å². The zero-order valence-electron chi connectivity index (χ0n) is 13.0. The van der Waals surface area contributed by atoms with E-state index in [2.05, 4.69) is 65.6 Å². The Bertz CT molecular complexity index is 513. The Labute approximate surface area is 138 Å². The summed E-state index contributed by atoms with van der Waals surface area (Å²) in [6, 6.07) is 21.9. The van der Waals surface area contributed by atoms with Gasteiger partial charge in [0.2, 0.25) is 0 Å².